The van der Waals surface area contributed by atoms with Gasteiger partial charge in [0, 0.05) is 64.6 Å². The first kappa shape index (κ1) is 43.2. The van der Waals surface area contributed by atoms with Gasteiger partial charge >= 0.3 is 0 Å². The van der Waals surface area contributed by atoms with Gasteiger partial charge in [0.05, 0.1) is 28.1 Å². The molecular weight excluding hydrogens is 745 g/mol. The van der Waals surface area contributed by atoms with Gasteiger partial charge < -0.3 is 24.9 Å². The standard InChI is InChI=1S/C22H26N4O.C22H26N2O3.C2H6O.H2N2.H2/c1-11(2)26-18-9-15-14-8-6-7-13-12(3)24-25-20(13)19(14)23-17(15)10-16(18)22(4,5)21(26)27;1-11(2)24-18-9-15-14-8-6-7-13(12(3)25)20(26)19(14)23-17(15)10-16(18)22(4,5)21(24)27;1-2-3;1-2;/h9-11,23H,6-8H2,1-5H3,(H,24,25);9-11,13,23H,6-8H2,1-5H3;3H,2H2,1H3;1-2H;1H. The summed E-state index contributed by atoms with van der Waals surface area (Å²) in [5, 5.41) is 17.5. The summed E-state index contributed by atoms with van der Waals surface area (Å²) in [4.78, 5) is 61.6. The molecule has 2 aromatic carbocycles. The highest BCUT2D eigenvalue weighted by atomic mass is 16.2. The van der Waals surface area contributed by atoms with Crippen molar-refractivity contribution in [1.29, 1.82) is 11.1 Å². The second-order valence-electron chi connectivity index (χ2n) is 17.8. The zero-order valence-electron chi connectivity index (χ0n) is 36.4. The molecule has 1 unspecified atom stereocenters. The van der Waals surface area contributed by atoms with Crippen LogP contribution in [-0.4, -0.2) is 67.3 Å². The lowest BCUT2D eigenvalue weighted by Gasteiger charge is -2.24. The average Bonchev–Trinajstić information content (AvgIpc) is 3.86. The molecule has 0 bridgehead atoms. The summed E-state index contributed by atoms with van der Waals surface area (Å²) >= 11 is 0. The molecule has 3 aromatic heterocycles. The predicted octanol–water partition coefficient (Wildman–Crippen LogP) is 9.15. The number of fused-ring (bicyclic) bond motifs is 10. The third-order valence-electron chi connectivity index (χ3n) is 12.6. The van der Waals surface area contributed by atoms with E-state index in [0.29, 0.717) is 12.1 Å². The van der Waals surface area contributed by atoms with Crippen molar-refractivity contribution in [3.8, 4) is 11.4 Å². The lowest BCUT2D eigenvalue weighted by molar-refractivity contribution is -0.123. The molecule has 0 radical (unpaired) electrons. The molecule has 316 valence electrons. The van der Waals surface area contributed by atoms with Crippen LogP contribution in [0.25, 0.3) is 33.2 Å². The van der Waals surface area contributed by atoms with Gasteiger partial charge in [-0.15, -0.1) is 0 Å². The molecule has 5 aromatic rings. The molecule has 6 N–H and O–H groups in total. The van der Waals surface area contributed by atoms with Crippen molar-refractivity contribution in [2.24, 2.45) is 5.92 Å². The maximum atomic E-state index is 13.0. The van der Waals surface area contributed by atoms with E-state index in [4.69, 9.17) is 16.2 Å². The second-order valence-corrected chi connectivity index (χ2v) is 17.8. The van der Waals surface area contributed by atoms with Crippen LogP contribution in [0.5, 0.6) is 0 Å². The van der Waals surface area contributed by atoms with Gasteiger partial charge in [-0.25, -0.2) is 11.1 Å². The van der Waals surface area contributed by atoms with Crippen molar-refractivity contribution < 1.29 is 25.7 Å². The minimum atomic E-state index is -0.595. The lowest BCUT2D eigenvalue weighted by Crippen LogP contribution is -2.40. The highest BCUT2D eigenvalue weighted by molar-refractivity contribution is 6.15. The number of anilines is 2. The molecular formula is C46H62N8O5. The Hall–Kier alpha value is -5.43. The van der Waals surface area contributed by atoms with Crippen LogP contribution in [0.15, 0.2) is 24.3 Å². The normalized spacial score (nSPS) is 18.5. The van der Waals surface area contributed by atoms with Crippen molar-refractivity contribution in [2.45, 2.75) is 138 Å². The molecule has 9 rings (SSSR count). The Labute approximate surface area is 347 Å². The summed E-state index contributed by atoms with van der Waals surface area (Å²) < 4.78 is 0. The van der Waals surface area contributed by atoms with Gasteiger partial charge in [0.1, 0.15) is 11.5 Å². The third kappa shape index (κ3) is 6.90. The van der Waals surface area contributed by atoms with Crippen LogP contribution in [0.2, 0.25) is 0 Å². The van der Waals surface area contributed by atoms with Crippen molar-refractivity contribution >= 4 is 56.6 Å². The van der Waals surface area contributed by atoms with E-state index in [1.165, 1.54) is 23.4 Å². The Balaban J connectivity index is 0.000000203. The molecule has 0 spiro atoms. The van der Waals surface area contributed by atoms with Crippen molar-refractivity contribution in [3.05, 3.63) is 63.5 Å². The number of aliphatic hydroxyl groups is 1. The fourth-order valence-corrected chi connectivity index (χ4v) is 9.56. The molecule has 1 atom stereocenters. The first-order valence-electron chi connectivity index (χ1n) is 20.9. The summed E-state index contributed by atoms with van der Waals surface area (Å²) in [6.45, 7) is 21.7. The van der Waals surface area contributed by atoms with E-state index in [9.17, 15) is 19.2 Å². The predicted molar refractivity (Wildman–Crippen MR) is 234 cm³/mol. The van der Waals surface area contributed by atoms with Crippen LogP contribution < -0.4 is 9.80 Å². The number of H-pyrrole nitrogens is 3. The minimum absolute atomic E-state index is 0. The molecule has 2 aliphatic carbocycles. The smallest absolute Gasteiger partial charge is 0.237 e. The Bertz CT molecular complexity index is 2490. The molecule has 2 aliphatic heterocycles. The number of hydrogen-bond donors (Lipinski definition) is 6. The SMILES string of the molecule is CC(=O)C1CCCc2c([nH]c3cc4c(cc23)N(C(C)C)C(=O)C4(C)C)C1=O.CCO.Cc1[nH]nc2c1CCCc1c-2[nH]c2cc3c(cc12)N(C(C)C)C(=O)C3(C)C.N=N.[HH]. The number of carbonyl (C=O) groups excluding carboxylic acids is 4. The maximum absolute atomic E-state index is 13.0. The fraction of sp³-hybridized carbons (Fsp3) is 0.500. The number of aliphatic hydroxyl groups excluding tert-OH is 1. The van der Waals surface area contributed by atoms with E-state index in [1.54, 1.807) is 6.92 Å². The van der Waals surface area contributed by atoms with Gasteiger partial charge in [-0.1, -0.05) is 0 Å². The summed E-state index contributed by atoms with van der Waals surface area (Å²) in [5.74, 6) is -0.402. The van der Waals surface area contributed by atoms with E-state index in [0.717, 1.165) is 93.7 Å². The number of Topliss-reactive ketones (excluding diaryl/α,β-unsaturated/α-hetero) is 2. The first-order chi connectivity index (χ1) is 27.9. The van der Waals surface area contributed by atoms with E-state index in [1.807, 2.05) is 57.4 Å². The number of carbonyl (C=O) groups is 4. The van der Waals surface area contributed by atoms with Crippen LogP contribution in [0.3, 0.4) is 0 Å². The number of rotatable bonds is 3. The van der Waals surface area contributed by atoms with Crippen molar-refractivity contribution in [1.82, 2.24) is 20.2 Å². The van der Waals surface area contributed by atoms with Gasteiger partial charge in [-0.3, -0.25) is 24.3 Å². The molecule has 0 saturated carbocycles. The Kier molecular flexibility index (Phi) is 11.7. The molecule has 2 amide bonds. The summed E-state index contributed by atoms with van der Waals surface area (Å²) in [5.41, 5.74) is 22.6. The van der Waals surface area contributed by atoms with Crippen LogP contribution in [0.1, 0.15) is 134 Å². The van der Waals surface area contributed by atoms with Gasteiger partial charge in [0.25, 0.3) is 0 Å². The fourth-order valence-electron chi connectivity index (χ4n) is 9.56. The Morgan fingerprint density at radius 2 is 1.25 bits per heavy atom. The lowest BCUT2D eigenvalue weighted by atomic mass is 9.85. The molecule has 13 nitrogen and oxygen atoms in total. The van der Waals surface area contributed by atoms with Crippen LogP contribution in [0.4, 0.5) is 11.4 Å². The van der Waals surface area contributed by atoms with Crippen LogP contribution in [0, 0.1) is 23.9 Å². The zero-order chi connectivity index (χ0) is 43.5. The number of nitrogens with zero attached hydrogens (tertiary/aromatic N) is 3. The molecule has 59 heavy (non-hydrogen) atoms. The van der Waals surface area contributed by atoms with Gasteiger partial charge in [0.2, 0.25) is 11.8 Å². The number of nitrogens with one attached hydrogen (secondary N) is 5. The van der Waals surface area contributed by atoms with E-state index in [-0.39, 0.29) is 43.5 Å². The highest BCUT2D eigenvalue weighted by Crippen LogP contribution is 2.48. The number of aryl methyl sites for hydroxylation is 3. The molecule has 4 aliphatic rings. The van der Waals surface area contributed by atoms with Crippen LogP contribution in [-0.2, 0) is 44.5 Å². The van der Waals surface area contributed by atoms with E-state index >= 15 is 0 Å². The Morgan fingerprint density at radius 3 is 1.73 bits per heavy atom. The van der Waals surface area contributed by atoms with Gasteiger partial charge in [-0.2, -0.15) is 5.10 Å². The largest absolute Gasteiger partial charge is 0.397 e. The molecule has 5 heterocycles. The summed E-state index contributed by atoms with van der Waals surface area (Å²) in [6.07, 6.45) is 5.38. The maximum Gasteiger partial charge on any atom is 0.237 e. The zero-order valence-corrected chi connectivity index (χ0v) is 36.4. The Morgan fingerprint density at radius 1 is 0.814 bits per heavy atom. The number of aromatic amines is 3. The third-order valence-corrected chi connectivity index (χ3v) is 12.6. The first-order valence-corrected chi connectivity index (χ1v) is 20.9. The molecule has 0 saturated heterocycles. The van der Waals surface area contributed by atoms with Crippen LogP contribution >= 0.6 is 0 Å². The number of hydrogen-bond acceptors (Lipinski definition) is 8. The monoisotopic (exact) mass is 806 g/mol. The summed E-state index contributed by atoms with van der Waals surface area (Å²) in [6, 6.07) is 8.73. The quantitative estimate of drug-likeness (QED) is 0.0596. The van der Waals surface area contributed by atoms with Crippen molar-refractivity contribution in [2.75, 3.05) is 16.4 Å². The van der Waals surface area contributed by atoms with E-state index in [2.05, 4.69) is 59.1 Å². The number of ketones is 2. The van der Waals surface area contributed by atoms with Gasteiger partial charge in [0.15, 0.2) is 5.78 Å². The van der Waals surface area contributed by atoms with Crippen molar-refractivity contribution in [3.63, 3.8) is 0 Å². The number of benzene rings is 2. The number of amides is 2. The highest BCUT2D eigenvalue weighted by Gasteiger charge is 2.47. The topological polar surface area (TPSA) is 203 Å². The molecule has 13 heteroatoms. The van der Waals surface area contributed by atoms with E-state index < -0.39 is 16.7 Å². The number of aromatic nitrogens is 4. The summed E-state index contributed by atoms with van der Waals surface area (Å²) in [7, 11) is 0. The van der Waals surface area contributed by atoms with Gasteiger partial charge in [-0.05, 0) is 161 Å². The average molecular weight is 807 g/mol. The molecule has 0 fully saturated rings. The second kappa shape index (κ2) is 16.0. The minimum Gasteiger partial charge on any atom is -0.397 e.